The summed E-state index contributed by atoms with van der Waals surface area (Å²) in [5.74, 6) is -38.8. The number of phenols is 3. The van der Waals surface area contributed by atoms with Crippen molar-refractivity contribution in [2.24, 2.45) is 0 Å². The second kappa shape index (κ2) is 12.7. The molecule has 0 aromatic heterocycles. The Morgan fingerprint density at radius 2 is 0.297 bits per heavy atom. The Morgan fingerprint density at radius 3 is 0.405 bits per heavy atom. The minimum absolute atomic E-state index is 0. The molecule has 0 bridgehead atoms. The second-order valence-electron chi connectivity index (χ2n) is 5.76. The van der Waals surface area contributed by atoms with Crippen LogP contribution in [-0.4, -0.2) is 32.7 Å². The molecule has 0 aliphatic heterocycles. The molecule has 0 amide bonds. The predicted octanol–water partition coefficient (Wildman–Crippen LogP) is 5.88. The molecule has 0 spiro atoms. The summed E-state index contributed by atoms with van der Waals surface area (Å²) >= 11 is 0. The van der Waals surface area contributed by atoms with Crippen molar-refractivity contribution in [3.05, 3.63) is 87.3 Å². The SMILES string of the molecule is Oc1c(F)c(F)c(F)c(F)c1F.Oc1c(F)c(F)c(F)c(F)c1F.Oc1c(F)c(F)c(F)c(F)c1F.[Al]. The van der Waals surface area contributed by atoms with Gasteiger partial charge in [-0.3, -0.25) is 0 Å². The van der Waals surface area contributed by atoms with Gasteiger partial charge in [0.15, 0.2) is 17.2 Å². The molecule has 0 aliphatic carbocycles. The van der Waals surface area contributed by atoms with Crippen molar-refractivity contribution in [3.63, 3.8) is 0 Å². The van der Waals surface area contributed by atoms with Gasteiger partial charge >= 0.3 is 0 Å². The van der Waals surface area contributed by atoms with E-state index in [4.69, 9.17) is 15.3 Å². The molecule has 3 rings (SSSR count). The summed E-state index contributed by atoms with van der Waals surface area (Å²) in [5.41, 5.74) is 0. The van der Waals surface area contributed by atoms with Gasteiger partial charge in [-0.25, -0.2) is 39.5 Å². The molecule has 37 heavy (non-hydrogen) atoms. The molecule has 3 aromatic rings. The Labute approximate surface area is 203 Å². The van der Waals surface area contributed by atoms with Crippen LogP contribution < -0.4 is 0 Å². The predicted molar refractivity (Wildman–Crippen MR) is 89.4 cm³/mol. The van der Waals surface area contributed by atoms with Gasteiger partial charge in [0.2, 0.25) is 87.3 Å². The summed E-state index contributed by atoms with van der Waals surface area (Å²) in [5, 5.41) is 24.9. The minimum Gasteiger partial charge on any atom is -0.503 e. The first-order chi connectivity index (χ1) is 16.4. The van der Waals surface area contributed by atoms with Crippen LogP contribution in [0.5, 0.6) is 17.2 Å². The van der Waals surface area contributed by atoms with Gasteiger partial charge in [0.05, 0.1) is 0 Å². The number of aromatic hydroxyl groups is 3. The quantitative estimate of drug-likeness (QED) is 0.135. The molecular weight excluding hydrogens is 576 g/mol. The third-order valence-electron chi connectivity index (χ3n) is 3.56. The van der Waals surface area contributed by atoms with Crippen LogP contribution in [0.15, 0.2) is 0 Å². The Kier molecular flexibility index (Phi) is 11.5. The number of halogens is 15. The summed E-state index contributed by atoms with van der Waals surface area (Å²) in [6, 6.07) is 0. The maximum atomic E-state index is 12.2. The fourth-order valence-electron chi connectivity index (χ4n) is 1.78. The molecule has 3 aromatic carbocycles. The van der Waals surface area contributed by atoms with Gasteiger partial charge in [-0.15, -0.1) is 0 Å². The first kappa shape index (κ1) is 33.5. The average molecular weight is 579 g/mol. The van der Waals surface area contributed by atoms with E-state index >= 15 is 0 Å². The van der Waals surface area contributed by atoms with Crippen LogP contribution in [0.2, 0.25) is 0 Å². The van der Waals surface area contributed by atoms with Gasteiger partial charge in [-0.1, -0.05) is 0 Å². The summed E-state index contributed by atoms with van der Waals surface area (Å²) in [6.45, 7) is 0. The van der Waals surface area contributed by atoms with Crippen LogP contribution >= 0.6 is 0 Å². The van der Waals surface area contributed by atoms with Gasteiger partial charge in [-0.2, -0.15) is 26.3 Å². The van der Waals surface area contributed by atoms with Crippen LogP contribution in [0.4, 0.5) is 65.9 Å². The molecule has 0 fully saturated rings. The molecule has 3 nitrogen and oxygen atoms in total. The highest BCUT2D eigenvalue weighted by atomic mass is 27.0. The molecule has 3 radical (unpaired) electrons. The molecule has 0 heterocycles. The first-order valence-electron chi connectivity index (χ1n) is 8.01. The first-order valence-corrected chi connectivity index (χ1v) is 8.01. The average Bonchev–Trinajstić information content (AvgIpc) is 2.87. The normalized spacial score (nSPS) is 10.1. The fourth-order valence-corrected chi connectivity index (χ4v) is 1.78. The maximum absolute atomic E-state index is 12.2. The van der Waals surface area contributed by atoms with Gasteiger partial charge in [0.25, 0.3) is 0 Å². The van der Waals surface area contributed by atoms with Crippen LogP contribution in [-0.2, 0) is 0 Å². The Morgan fingerprint density at radius 1 is 0.216 bits per heavy atom. The molecule has 0 atom stereocenters. The highest BCUT2D eigenvalue weighted by Crippen LogP contribution is 2.29. The summed E-state index contributed by atoms with van der Waals surface area (Å²) in [7, 11) is 0. The Hall–Kier alpha value is -3.46. The zero-order valence-electron chi connectivity index (χ0n) is 16.6. The lowest BCUT2D eigenvalue weighted by atomic mass is 10.3. The highest BCUT2D eigenvalue weighted by molar-refractivity contribution is 5.75. The van der Waals surface area contributed by atoms with Crippen molar-refractivity contribution < 1.29 is 81.2 Å². The van der Waals surface area contributed by atoms with E-state index in [1.807, 2.05) is 0 Å². The zero-order chi connectivity index (χ0) is 28.4. The van der Waals surface area contributed by atoms with Crippen LogP contribution in [0.25, 0.3) is 0 Å². The van der Waals surface area contributed by atoms with E-state index in [2.05, 4.69) is 0 Å². The van der Waals surface area contributed by atoms with E-state index in [1.165, 1.54) is 0 Å². The second-order valence-corrected chi connectivity index (χ2v) is 5.76. The summed E-state index contributed by atoms with van der Waals surface area (Å²) in [4.78, 5) is 0. The van der Waals surface area contributed by atoms with Crippen molar-refractivity contribution in [1.29, 1.82) is 0 Å². The van der Waals surface area contributed by atoms with Crippen LogP contribution in [0, 0.1) is 87.3 Å². The molecule has 19 heteroatoms. The molecule has 0 unspecified atom stereocenters. The van der Waals surface area contributed by atoms with E-state index in [-0.39, 0.29) is 17.4 Å². The van der Waals surface area contributed by atoms with Crippen LogP contribution in [0.1, 0.15) is 0 Å². The molecular formula is C18H3AlF15O3. The topological polar surface area (TPSA) is 60.7 Å². The van der Waals surface area contributed by atoms with Gasteiger partial charge < -0.3 is 15.3 Å². The van der Waals surface area contributed by atoms with Crippen molar-refractivity contribution in [2.45, 2.75) is 0 Å². The minimum atomic E-state index is -2.29. The Bertz CT molecular complexity index is 858. The molecule has 201 valence electrons. The van der Waals surface area contributed by atoms with E-state index in [1.54, 1.807) is 0 Å². The Balaban J connectivity index is 0.000000518. The van der Waals surface area contributed by atoms with Crippen molar-refractivity contribution in [1.82, 2.24) is 0 Å². The lowest BCUT2D eigenvalue weighted by Gasteiger charge is -2.00. The fraction of sp³-hybridized carbons (Fsp3) is 0. The van der Waals surface area contributed by atoms with E-state index in [0.717, 1.165) is 0 Å². The van der Waals surface area contributed by atoms with E-state index < -0.39 is 105 Å². The zero-order valence-corrected chi connectivity index (χ0v) is 17.7. The number of phenolic OH excluding ortho intramolecular Hbond substituents is 3. The number of rotatable bonds is 0. The molecule has 0 saturated carbocycles. The largest absolute Gasteiger partial charge is 0.503 e. The lowest BCUT2D eigenvalue weighted by molar-refractivity contribution is 0.325. The van der Waals surface area contributed by atoms with Crippen molar-refractivity contribution in [3.8, 4) is 17.2 Å². The monoisotopic (exact) mass is 579 g/mol. The lowest BCUT2D eigenvalue weighted by Crippen LogP contribution is -2.00. The van der Waals surface area contributed by atoms with Gasteiger partial charge in [-0.05, 0) is 0 Å². The van der Waals surface area contributed by atoms with E-state index in [0.29, 0.717) is 0 Å². The maximum Gasteiger partial charge on any atom is 0.206 e. The third kappa shape index (κ3) is 6.46. The third-order valence-corrected chi connectivity index (χ3v) is 3.56. The number of hydrogen-bond acceptors (Lipinski definition) is 3. The highest BCUT2D eigenvalue weighted by Gasteiger charge is 2.26. The molecule has 3 N–H and O–H groups in total. The van der Waals surface area contributed by atoms with Gasteiger partial charge in [0.1, 0.15) is 0 Å². The number of hydrogen-bond donors (Lipinski definition) is 3. The number of benzene rings is 3. The van der Waals surface area contributed by atoms with Gasteiger partial charge in [0, 0.05) is 17.4 Å². The van der Waals surface area contributed by atoms with Crippen molar-refractivity contribution >= 4 is 17.4 Å². The van der Waals surface area contributed by atoms with Crippen LogP contribution in [0.3, 0.4) is 0 Å². The molecule has 0 aliphatic rings. The molecule has 0 saturated heterocycles. The summed E-state index contributed by atoms with van der Waals surface area (Å²) in [6.07, 6.45) is 0. The standard InChI is InChI=1S/3C6HF5O.Al/c3*7-1-2(8)4(10)6(12)5(11)3(1)9;/h3*12H;. The van der Waals surface area contributed by atoms with Crippen molar-refractivity contribution in [2.75, 3.05) is 0 Å². The smallest absolute Gasteiger partial charge is 0.206 e. The summed E-state index contributed by atoms with van der Waals surface area (Å²) < 4.78 is 182. The van der Waals surface area contributed by atoms with E-state index in [9.17, 15) is 65.9 Å².